The molecule has 0 spiro atoms. The minimum atomic E-state index is -0.906. The summed E-state index contributed by atoms with van der Waals surface area (Å²) < 4.78 is 0. The first-order valence-electron chi connectivity index (χ1n) is 5.07. The normalized spacial score (nSPS) is 26.5. The van der Waals surface area contributed by atoms with Gasteiger partial charge in [0.2, 0.25) is 0 Å². The maximum absolute atomic E-state index is 10.6. The topological polar surface area (TPSA) is 57.5 Å². The first-order chi connectivity index (χ1) is 6.41. The molecule has 3 nitrogen and oxygen atoms in total. The molecule has 1 aliphatic carbocycles. The lowest BCUT2D eigenvalue weighted by molar-refractivity contribution is -0.131. The Morgan fingerprint density at radius 1 is 1.50 bits per heavy atom. The zero-order valence-electron chi connectivity index (χ0n) is 8.79. The van der Waals surface area contributed by atoms with Crippen LogP contribution in [0.2, 0.25) is 0 Å². The predicted octanol–water partition coefficient (Wildman–Crippen LogP) is 1.96. The van der Waals surface area contributed by atoms with Crippen molar-refractivity contribution in [2.75, 3.05) is 0 Å². The molecule has 0 amide bonds. The van der Waals surface area contributed by atoms with E-state index in [1.54, 1.807) is 13.8 Å². The van der Waals surface area contributed by atoms with Gasteiger partial charge in [-0.05, 0) is 33.1 Å². The van der Waals surface area contributed by atoms with Crippen molar-refractivity contribution < 1.29 is 15.0 Å². The lowest BCUT2D eigenvalue weighted by Gasteiger charge is -2.34. The molecular weight excluding hydrogens is 180 g/mol. The molecule has 80 valence electrons. The van der Waals surface area contributed by atoms with Crippen molar-refractivity contribution in [1.82, 2.24) is 0 Å². The van der Waals surface area contributed by atoms with Gasteiger partial charge in [0.25, 0.3) is 0 Å². The van der Waals surface area contributed by atoms with Crippen molar-refractivity contribution in [1.29, 1.82) is 0 Å². The summed E-state index contributed by atoms with van der Waals surface area (Å²) in [5.41, 5.74) is 0.0816. The third kappa shape index (κ3) is 2.84. The van der Waals surface area contributed by atoms with Gasteiger partial charge < -0.3 is 10.2 Å². The van der Waals surface area contributed by atoms with Crippen LogP contribution >= 0.6 is 0 Å². The lowest BCUT2D eigenvalue weighted by atomic mass is 9.75. The number of rotatable bonds is 2. The summed E-state index contributed by atoms with van der Waals surface area (Å²) in [6.45, 7) is 3.50. The van der Waals surface area contributed by atoms with Gasteiger partial charge in [0.05, 0.1) is 5.60 Å². The largest absolute Gasteiger partial charge is 0.478 e. The van der Waals surface area contributed by atoms with Gasteiger partial charge in [0, 0.05) is 12.0 Å². The summed E-state index contributed by atoms with van der Waals surface area (Å²) in [5, 5.41) is 18.6. The maximum atomic E-state index is 10.6. The van der Waals surface area contributed by atoms with Crippen molar-refractivity contribution >= 4 is 5.97 Å². The maximum Gasteiger partial charge on any atom is 0.328 e. The molecule has 0 saturated heterocycles. The Morgan fingerprint density at radius 3 is 2.64 bits per heavy atom. The second kappa shape index (κ2) is 4.13. The van der Waals surface area contributed by atoms with E-state index < -0.39 is 11.6 Å². The van der Waals surface area contributed by atoms with Crippen LogP contribution in [0.15, 0.2) is 11.6 Å². The molecule has 3 heteroatoms. The fourth-order valence-electron chi connectivity index (χ4n) is 2.18. The Hall–Kier alpha value is -0.830. The first-order valence-corrected chi connectivity index (χ1v) is 5.07. The highest BCUT2D eigenvalue weighted by Crippen LogP contribution is 2.36. The summed E-state index contributed by atoms with van der Waals surface area (Å²) in [5.74, 6) is -0.900. The van der Waals surface area contributed by atoms with E-state index in [0.717, 1.165) is 31.3 Å². The second-order valence-corrected chi connectivity index (χ2v) is 4.51. The van der Waals surface area contributed by atoms with Crippen LogP contribution in [0.5, 0.6) is 0 Å². The van der Waals surface area contributed by atoms with Crippen LogP contribution in [-0.4, -0.2) is 21.8 Å². The van der Waals surface area contributed by atoms with Crippen molar-refractivity contribution in [3.8, 4) is 0 Å². The number of hydrogen-bond acceptors (Lipinski definition) is 2. The fourth-order valence-corrected chi connectivity index (χ4v) is 2.18. The van der Waals surface area contributed by atoms with E-state index in [2.05, 4.69) is 0 Å². The number of hydrogen-bond donors (Lipinski definition) is 2. The first kappa shape index (κ1) is 11.2. The molecule has 2 N–H and O–H groups in total. The third-order valence-electron chi connectivity index (χ3n) is 2.82. The van der Waals surface area contributed by atoms with Gasteiger partial charge in [-0.25, -0.2) is 4.79 Å². The molecule has 1 fully saturated rings. The Bertz CT molecular complexity index is 248. The van der Waals surface area contributed by atoms with Crippen molar-refractivity contribution in [3.05, 3.63) is 11.6 Å². The number of aliphatic hydroxyl groups is 1. The van der Waals surface area contributed by atoms with Gasteiger partial charge in [0.1, 0.15) is 0 Å². The highest BCUT2D eigenvalue weighted by molar-refractivity contribution is 5.80. The van der Waals surface area contributed by atoms with E-state index >= 15 is 0 Å². The van der Waals surface area contributed by atoms with Crippen LogP contribution in [0.25, 0.3) is 0 Å². The van der Waals surface area contributed by atoms with E-state index in [1.165, 1.54) is 6.08 Å². The molecule has 1 unspecified atom stereocenters. The van der Waals surface area contributed by atoms with E-state index in [0.29, 0.717) is 0 Å². The molecule has 0 aliphatic heterocycles. The smallest absolute Gasteiger partial charge is 0.328 e. The van der Waals surface area contributed by atoms with Crippen LogP contribution in [0.3, 0.4) is 0 Å². The summed E-state index contributed by atoms with van der Waals surface area (Å²) in [6, 6.07) is 0. The molecule has 0 aromatic carbocycles. The van der Waals surface area contributed by atoms with Crippen molar-refractivity contribution in [3.63, 3.8) is 0 Å². The molecule has 0 radical (unpaired) electrons. The average Bonchev–Trinajstić information content (AvgIpc) is 2.01. The molecule has 1 saturated carbocycles. The SMILES string of the molecule is CC(C)(O)C1CCCC/C1=C\C(=O)O. The van der Waals surface area contributed by atoms with Gasteiger partial charge in [-0.2, -0.15) is 0 Å². The number of carboxylic acid groups (broad SMARTS) is 1. The lowest BCUT2D eigenvalue weighted by Crippen LogP contribution is -2.34. The van der Waals surface area contributed by atoms with Gasteiger partial charge in [-0.1, -0.05) is 12.0 Å². The fraction of sp³-hybridized carbons (Fsp3) is 0.727. The molecule has 14 heavy (non-hydrogen) atoms. The molecule has 0 aromatic heterocycles. The van der Waals surface area contributed by atoms with Gasteiger partial charge in [0.15, 0.2) is 0 Å². The second-order valence-electron chi connectivity index (χ2n) is 4.51. The monoisotopic (exact) mass is 198 g/mol. The van der Waals surface area contributed by atoms with Crippen LogP contribution in [-0.2, 0) is 4.79 Å². The van der Waals surface area contributed by atoms with Crippen LogP contribution in [0.4, 0.5) is 0 Å². The quantitative estimate of drug-likeness (QED) is 0.667. The van der Waals surface area contributed by atoms with Crippen LogP contribution in [0, 0.1) is 5.92 Å². The molecule has 0 bridgehead atoms. The standard InChI is InChI=1S/C11H18O3/c1-11(2,14)9-6-4-3-5-8(9)7-10(12)13/h7,9,14H,3-6H2,1-2H3,(H,12,13)/b8-7+. The summed E-state index contributed by atoms with van der Waals surface area (Å²) in [4.78, 5) is 10.6. The van der Waals surface area contributed by atoms with Gasteiger partial charge >= 0.3 is 5.97 Å². The molecule has 0 heterocycles. The van der Waals surface area contributed by atoms with E-state index in [1.807, 2.05) is 0 Å². The summed E-state index contributed by atoms with van der Waals surface area (Å²) in [6.07, 6.45) is 5.07. The van der Waals surface area contributed by atoms with Crippen LogP contribution in [0.1, 0.15) is 39.5 Å². The minimum absolute atomic E-state index is 0.00681. The molecule has 1 rings (SSSR count). The van der Waals surface area contributed by atoms with E-state index in [9.17, 15) is 9.90 Å². The number of aliphatic carboxylic acids is 1. The minimum Gasteiger partial charge on any atom is -0.478 e. The summed E-state index contributed by atoms with van der Waals surface area (Å²) in [7, 11) is 0. The van der Waals surface area contributed by atoms with Gasteiger partial charge in [-0.15, -0.1) is 0 Å². The Morgan fingerprint density at radius 2 is 2.14 bits per heavy atom. The summed E-state index contributed by atoms with van der Waals surface area (Å²) >= 11 is 0. The van der Waals surface area contributed by atoms with Gasteiger partial charge in [-0.3, -0.25) is 0 Å². The molecule has 1 aliphatic rings. The highest BCUT2D eigenvalue weighted by atomic mass is 16.4. The zero-order valence-corrected chi connectivity index (χ0v) is 8.79. The van der Waals surface area contributed by atoms with Crippen molar-refractivity contribution in [2.24, 2.45) is 5.92 Å². The Balaban J connectivity index is 2.84. The predicted molar refractivity (Wildman–Crippen MR) is 54.0 cm³/mol. The van der Waals surface area contributed by atoms with E-state index in [4.69, 9.17) is 5.11 Å². The molecule has 1 atom stereocenters. The number of carboxylic acids is 1. The Labute approximate surface area is 84.4 Å². The molecular formula is C11H18O3. The Kier molecular flexibility index (Phi) is 3.32. The zero-order chi connectivity index (χ0) is 10.8. The van der Waals surface area contributed by atoms with Crippen LogP contribution < -0.4 is 0 Å². The average molecular weight is 198 g/mol. The third-order valence-corrected chi connectivity index (χ3v) is 2.82. The van der Waals surface area contributed by atoms with E-state index in [-0.39, 0.29) is 5.92 Å². The number of carbonyl (C=O) groups is 1. The molecule has 0 aromatic rings. The van der Waals surface area contributed by atoms with Crippen molar-refractivity contribution in [2.45, 2.75) is 45.1 Å². The highest BCUT2D eigenvalue weighted by Gasteiger charge is 2.31.